The fraction of sp³-hybridized carbons (Fsp3) is 0.909. The molecule has 0 radical (unpaired) electrons. The van der Waals surface area contributed by atoms with E-state index in [1.54, 1.807) is 0 Å². The summed E-state index contributed by atoms with van der Waals surface area (Å²) >= 11 is 0. The summed E-state index contributed by atoms with van der Waals surface area (Å²) in [6.45, 7) is 8.80. The van der Waals surface area contributed by atoms with E-state index in [1.165, 1.54) is 6.42 Å². The zero-order valence-corrected chi connectivity index (χ0v) is 9.01. The summed E-state index contributed by atoms with van der Waals surface area (Å²) in [5.41, 5.74) is -0.0658. The predicted molar refractivity (Wildman–Crippen MR) is 54.3 cm³/mol. The molecule has 1 heterocycles. The maximum absolute atomic E-state index is 9.03. The zero-order chi connectivity index (χ0) is 9.90. The highest BCUT2D eigenvalue weighted by Gasteiger charge is 2.28. The highest BCUT2D eigenvalue weighted by molar-refractivity contribution is 4.97. The summed E-state index contributed by atoms with van der Waals surface area (Å²) in [5, 5.41) is 9.03. The maximum atomic E-state index is 9.03. The Labute approximate surface area is 81.5 Å². The van der Waals surface area contributed by atoms with Gasteiger partial charge in [0.05, 0.1) is 11.5 Å². The van der Waals surface area contributed by atoms with E-state index in [2.05, 4.69) is 31.7 Å². The van der Waals surface area contributed by atoms with Crippen molar-refractivity contribution in [3.63, 3.8) is 0 Å². The summed E-state index contributed by atoms with van der Waals surface area (Å²) < 4.78 is 0. The molecule has 0 N–H and O–H groups in total. The molecule has 0 saturated carbocycles. The van der Waals surface area contributed by atoms with Gasteiger partial charge >= 0.3 is 0 Å². The number of nitrogens with zero attached hydrogens (tertiary/aromatic N) is 2. The number of hydrogen-bond acceptors (Lipinski definition) is 2. The smallest absolute Gasteiger partial charge is 0.0687 e. The minimum absolute atomic E-state index is 0.0658. The average molecular weight is 180 g/mol. The molecule has 2 heteroatoms. The molecular formula is C11H20N2. The van der Waals surface area contributed by atoms with Gasteiger partial charge in [-0.15, -0.1) is 0 Å². The van der Waals surface area contributed by atoms with Gasteiger partial charge in [-0.2, -0.15) is 5.26 Å². The van der Waals surface area contributed by atoms with Gasteiger partial charge in [-0.3, -0.25) is 0 Å². The molecule has 74 valence electrons. The van der Waals surface area contributed by atoms with Crippen molar-refractivity contribution in [2.75, 3.05) is 13.1 Å². The third kappa shape index (κ3) is 2.70. The maximum Gasteiger partial charge on any atom is 0.0687 e. The molecule has 0 aromatic carbocycles. The van der Waals surface area contributed by atoms with Gasteiger partial charge in [0, 0.05) is 6.04 Å². The summed E-state index contributed by atoms with van der Waals surface area (Å²) in [6.07, 6.45) is 3.26. The molecule has 13 heavy (non-hydrogen) atoms. The Kier molecular flexibility index (Phi) is 3.33. The van der Waals surface area contributed by atoms with E-state index in [9.17, 15) is 0 Å². The second-order valence-electron chi connectivity index (χ2n) is 4.66. The Morgan fingerprint density at radius 3 is 2.54 bits per heavy atom. The van der Waals surface area contributed by atoms with Crippen LogP contribution in [0.15, 0.2) is 0 Å². The molecule has 1 aliphatic rings. The second-order valence-corrected chi connectivity index (χ2v) is 4.66. The average Bonchev–Trinajstić information content (AvgIpc) is 2.28. The van der Waals surface area contributed by atoms with Crippen LogP contribution >= 0.6 is 0 Å². The van der Waals surface area contributed by atoms with Crippen molar-refractivity contribution in [3.05, 3.63) is 0 Å². The van der Waals surface area contributed by atoms with E-state index < -0.39 is 0 Å². The van der Waals surface area contributed by atoms with Crippen molar-refractivity contribution in [2.45, 2.75) is 46.1 Å². The van der Waals surface area contributed by atoms with E-state index in [4.69, 9.17) is 5.26 Å². The van der Waals surface area contributed by atoms with Gasteiger partial charge in [-0.25, -0.2) is 0 Å². The van der Waals surface area contributed by atoms with Gasteiger partial charge < -0.3 is 4.90 Å². The molecule has 0 amide bonds. The monoisotopic (exact) mass is 180 g/mol. The largest absolute Gasteiger partial charge is 0.301 e. The lowest BCUT2D eigenvalue weighted by molar-refractivity contribution is 0.224. The van der Waals surface area contributed by atoms with E-state index in [0.717, 1.165) is 25.9 Å². The molecule has 1 unspecified atom stereocenters. The molecule has 2 nitrogen and oxygen atoms in total. The number of hydrogen-bond donors (Lipinski definition) is 0. The molecule has 1 aliphatic heterocycles. The summed E-state index contributed by atoms with van der Waals surface area (Å²) in [5.74, 6) is 0. The minimum atomic E-state index is -0.0658. The van der Waals surface area contributed by atoms with Crippen molar-refractivity contribution in [1.82, 2.24) is 4.90 Å². The normalized spacial score (nSPS) is 31.3. The first-order valence-corrected chi connectivity index (χ1v) is 5.23. The molecule has 1 saturated heterocycles. The number of nitriles is 1. The lowest BCUT2D eigenvalue weighted by Crippen LogP contribution is -2.32. The van der Waals surface area contributed by atoms with Crippen molar-refractivity contribution >= 4 is 0 Å². The summed E-state index contributed by atoms with van der Waals surface area (Å²) in [4.78, 5) is 2.47. The van der Waals surface area contributed by atoms with Gasteiger partial charge in [0.15, 0.2) is 0 Å². The van der Waals surface area contributed by atoms with Crippen molar-refractivity contribution < 1.29 is 0 Å². The fourth-order valence-electron chi connectivity index (χ4n) is 1.93. The molecule has 0 aromatic rings. The Bertz CT molecular complexity index is 205. The van der Waals surface area contributed by atoms with Crippen LogP contribution in [0.25, 0.3) is 0 Å². The third-order valence-electron chi connectivity index (χ3n) is 3.12. The molecule has 1 atom stereocenters. The molecule has 0 aromatic heterocycles. The quantitative estimate of drug-likeness (QED) is 0.619. The van der Waals surface area contributed by atoms with Gasteiger partial charge in [0.2, 0.25) is 0 Å². The van der Waals surface area contributed by atoms with Gasteiger partial charge in [-0.1, -0.05) is 0 Å². The van der Waals surface area contributed by atoms with E-state index in [1.807, 2.05) is 0 Å². The summed E-state index contributed by atoms with van der Waals surface area (Å²) in [6, 6.07) is 3.08. The molecule has 0 spiro atoms. The van der Waals surface area contributed by atoms with Crippen molar-refractivity contribution in [1.29, 1.82) is 5.26 Å². The first-order valence-electron chi connectivity index (χ1n) is 5.23. The number of likely N-dealkylation sites (tertiary alicyclic amines) is 1. The van der Waals surface area contributed by atoms with Crippen LogP contribution in [-0.2, 0) is 0 Å². The third-order valence-corrected chi connectivity index (χ3v) is 3.12. The van der Waals surface area contributed by atoms with E-state index in [-0.39, 0.29) is 5.41 Å². The lowest BCUT2D eigenvalue weighted by atomic mass is 9.85. The van der Waals surface area contributed by atoms with Crippen LogP contribution in [0.1, 0.15) is 40.0 Å². The topological polar surface area (TPSA) is 27.0 Å². The van der Waals surface area contributed by atoms with Crippen LogP contribution in [0.3, 0.4) is 0 Å². The van der Waals surface area contributed by atoms with Crippen molar-refractivity contribution in [2.24, 2.45) is 5.41 Å². The second kappa shape index (κ2) is 4.11. The molecular weight excluding hydrogens is 160 g/mol. The van der Waals surface area contributed by atoms with Gasteiger partial charge in [0.25, 0.3) is 0 Å². The Balaban J connectivity index is 2.55. The highest BCUT2D eigenvalue weighted by Crippen LogP contribution is 2.30. The SMILES string of the molecule is CC(C)N1CCCC(C)(C#N)CC1. The highest BCUT2D eigenvalue weighted by atomic mass is 15.1. The predicted octanol–water partition coefficient (Wildman–Crippen LogP) is 2.41. The van der Waals surface area contributed by atoms with Crippen LogP contribution in [0, 0.1) is 16.7 Å². The number of rotatable bonds is 1. The molecule has 1 fully saturated rings. The van der Waals surface area contributed by atoms with Crippen LogP contribution in [0.2, 0.25) is 0 Å². The van der Waals surface area contributed by atoms with Crippen LogP contribution in [-0.4, -0.2) is 24.0 Å². The molecule has 0 aliphatic carbocycles. The van der Waals surface area contributed by atoms with E-state index in [0.29, 0.717) is 6.04 Å². The standard InChI is InChI=1S/C11H20N2/c1-10(2)13-7-4-5-11(3,9-12)6-8-13/h10H,4-8H2,1-3H3. The van der Waals surface area contributed by atoms with Crippen LogP contribution < -0.4 is 0 Å². The van der Waals surface area contributed by atoms with Crippen LogP contribution in [0.5, 0.6) is 0 Å². The Hall–Kier alpha value is -0.550. The van der Waals surface area contributed by atoms with Crippen LogP contribution in [0.4, 0.5) is 0 Å². The van der Waals surface area contributed by atoms with Gasteiger partial charge in [0.1, 0.15) is 0 Å². The minimum Gasteiger partial charge on any atom is -0.301 e. The molecule has 0 bridgehead atoms. The van der Waals surface area contributed by atoms with Gasteiger partial charge in [-0.05, 0) is 53.1 Å². The summed E-state index contributed by atoms with van der Waals surface area (Å²) in [7, 11) is 0. The Morgan fingerprint density at radius 2 is 2.00 bits per heavy atom. The zero-order valence-electron chi connectivity index (χ0n) is 9.01. The molecule has 1 rings (SSSR count). The fourth-order valence-corrected chi connectivity index (χ4v) is 1.93. The van der Waals surface area contributed by atoms with Crippen molar-refractivity contribution in [3.8, 4) is 6.07 Å². The Morgan fingerprint density at radius 1 is 1.31 bits per heavy atom. The van der Waals surface area contributed by atoms with E-state index >= 15 is 0 Å². The first kappa shape index (κ1) is 10.5. The first-order chi connectivity index (χ1) is 6.07. The lowest BCUT2D eigenvalue weighted by Gasteiger charge is -2.24.